The van der Waals surface area contributed by atoms with Crippen LogP contribution in [0.15, 0.2) is 64.5 Å². The number of amides is 2. The molecule has 2 aromatic rings. The second kappa shape index (κ2) is 9.58. The van der Waals surface area contributed by atoms with Crippen molar-refractivity contribution in [1.82, 2.24) is 10.2 Å². The predicted octanol–water partition coefficient (Wildman–Crippen LogP) is 3.41. The lowest BCUT2D eigenvalue weighted by molar-refractivity contribution is -0.123. The molecule has 1 aliphatic heterocycles. The number of hydrogen-bond donors (Lipinski definition) is 3. The maximum atomic E-state index is 13.0. The topological polar surface area (TPSA) is 94.5 Å². The van der Waals surface area contributed by atoms with Gasteiger partial charge < -0.3 is 25.7 Å². The monoisotopic (exact) mass is 476 g/mol. The van der Waals surface area contributed by atoms with E-state index < -0.39 is 5.91 Å². The molecule has 1 aliphatic rings. The normalized spacial score (nSPS) is 14.6. The lowest BCUT2D eigenvalue weighted by atomic mass is 10.2. The van der Waals surface area contributed by atoms with E-state index >= 15 is 0 Å². The van der Waals surface area contributed by atoms with E-state index in [2.05, 4.69) is 26.6 Å². The lowest BCUT2D eigenvalue weighted by Crippen LogP contribution is -2.48. The quantitative estimate of drug-likeness (QED) is 0.338. The highest BCUT2D eigenvalue weighted by atomic mass is 79.9. The molecule has 3 N–H and O–H groups in total. The molecule has 29 heavy (non-hydrogen) atoms. The van der Waals surface area contributed by atoms with Crippen molar-refractivity contribution in [2.24, 2.45) is 0 Å². The van der Waals surface area contributed by atoms with Crippen LogP contribution in [0.2, 0.25) is 5.02 Å². The maximum Gasteiger partial charge on any atom is 0.293 e. The minimum atomic E-state index is -0.542. The third kappa shape index (κ3) is 5.58. The number of carbonyl (C=O) groups is 2. The maximum absolute atomic E-state index is 13.0. The second-order valence-electron chi connectivity index (χ2n) is 6.15. The summed E-state index contributed by atoms with van der Waals surface area (Å²) in [6.07, 6.45) is 1.02. The summed E-state index contributed by atoms with van der Waals surface area (Å²) in [5.74, 6) is -0.376. The Morgan fingerprint density at radius 3 is 2.52 bits per heavy atom. The number of piperazine rings is 1. The Morgan fingerprint density at radius 1 is 1.21 bits per heavy atom. The zero-order valence-electron chi connectivity index (χ0n) is 15.2. The zero-order valence-corrected chi connectivity index (χ0v) is 17.6. The van der Waals surface area contributed by atoms with Gasteiger partial charge in [0.15, 0.2) is 0 Å². The second-order valence-corrected chi connectivity index (χ2v) is 7.50. The van der Waals surface area contributed by atoms with Gasteiger partial charge in [0.2, 0.25) is 11.7 Å². The van der Waals surface area contributed by atoms with Crippen LogP contribution in [0.4, 0.5) is 5.69 Å². The van der Waals surface area contributed by atoms with Crippen molar-refractivity contribution in [1.29, 1.82) is 5.41 Å². The van der Waals surface area contributed by atoms with Crippen LogP contribution in [-0.2, 0) is 9.59 Å². The van der Waals surface area contributed by atoms with Gasteiger partial charge in [0.05, 0.1) is 6.54 Å². The average Bonchev–Trinajstić information content (AvgIpc) is 2.71. The molecule has 0 bridgehead atoms. The Balaban J connectivity index is 1.95. The number of rotatable bonds is 6. The van der Waals surface area contributed by atoms with Crippen LogP contribution in [0.1, 0.15) is 0 Å². The molecule has 2 aromatic carbocycles. The van der Waals surface area contributed by atoms with Crippen molar-refractivity contribution in [2.75, 3.05) is 25.0 Å². The summed E-state index contributed by atoms with van der Waals surface area (Å²) in [7, 11) is 0. The molecule has 0 saturated carbocycles. The van der Waals surface area contributed by atoms with E-state index in [1.807, 2.05) is 0 Å². The number of allylic oxidation sites excluding steroid dienone is 1. The zero-order chi connectivity index (χ0) is 20.8. The Hall–Kier alpha value is -2.84. The van der Waals surface area contributed by atoms with Gasteiger partial charge in [-0.25, -0.2) is 0 Å². The van der Waals surface area contributed by atoms with E-state index in [4.69, 9.17) is 21.7 Å². The molecule has 0 spiro atoms. The summed E-state index contributed by atoms with van der Waals surface area (Å²) >= 11 is 9.25. The van der Waals surface area contributed by atoms with Gasteiger partial charge in [-0.2, -0.15) is 0 Å². The summed E-state index contributed by atoms with van der Waals surface area (Å²) in [6.45, 7) is 0.907. The molecule has 1 saturated heterocycles. The van der Waals surface area contributed by atoms with E-state index in [9.17, 15) is 9.59 Å². The van der Waals surface area contributed by atoms with Crippen LogP contribution < -0.4 is 15.4 Å². The van der Waals surface area contributed by atoms with Gasteiger partial charge in [-0.15, -0.1) is 0 Å². The van der Waals surface area contributed by atoms with E-state index in [1.54, 1.807) is 53.4 Å². The standard InChI is InChI=1S/C20H18BrClN4O3/c21-13-1-7-16(8-2-13)29-19(17(11-23)26-10-9-24-18(27)12-26)20(28)25-15-5-3-14(22)4-6-15/h1-8,11,23H,9-10,12H2,(H,24,27)(H,25,28)/b19-17-,23-11?. The van der Waals surface area contributed by atoms with E-state index in [-0.39, 0.29) is 23.9 Å². The summed E-state index contributed by atoms with van der Waals surface area (Å²) in [5, 5.41) is 13.9. The number of halogens is 2. The Labute approximate surface area is 181 Å². The molecule has 1 heterocycles. The fourth-order valence-electron chi connectivity index (χ4n) is 2.70. The summed E-state index contributed by atoms with van der Waals surface area (Å²) < 4.78 is 6.73. The molecule has 3 rings (SSSR count). The van der Waals surface area contributed by atoms with Gasteiger partial charge >= 0.3 is 0 Å². The van der Waals surface area contributed by atoms with Crippen LogP contribution >= 0.6 is 27.5 Å². The molecule has 150 valence electrons. The molecule has 1 fully saturated rings. The highest BCUT2D eigenvalue weighted by Gasteiger charge is 2.25. The van der Waals surface area contributed by atoms with Gasteiger partial charge in [0, 0.05) is 34.5 Å². The first-order valence-electron chi connectivity index (χ1n) is 8.73. The fraction of sp³-hybridized carbons (Fsp3) is 0.150. The van der Waals surface area contributed by atoms with Crippen LogP contribution in [0, 0.1) is 5.41 Å². The van der Waals surface area contributed by atoms with Crippen molar-refractivity contribution in [3.63, 3.8) is 0 Å². The highest BCUT2D eigenvalue weighted by Crippen LogP contribution is 2.22. The van der Waals surface area contributed by atoms with Crippen LogP contribution in [0.25, 0.3) is 0 Å². The highest BCUT2D eigenvalue weighted by molar-refractivity contribution is 9.10. The largest absolute Gasteiger partial charge is 0.449 e. The molecular formula is C20H18BrClN4O3. The predicted molar refractivity (Wildman–Crippen MR) is 115 cm³/mol. The number of anilines is 1. The molecule has 7 nitrogen and oxygen atoms in total. The minimum absolute atomic E-state index is 0.0339. The molecular weight excluding hydrogens is 460 g/mol. The Bertz CT molecular complexity index is 945. The summed E-state index contributed by atoms with van der Waals surface area (Å²) in [6, 6.07) is 13.6. The van der Waals surface area contributed by atoms with Gasteiger partial charge in [0.25, 0.3) is 5.91 Å². The Kier molecular flexibility index (Phi) is 6.90. The summed E-state index contributed by atoms with van der Waals surface area (Å²) in [4.78, 5) is 26.5. The third-order valence-corrected chi connectivity index (χ3v) is 4.87. The number of nitrogens with zero attached hydrogens (tertiary/aromatic N) is 1. The summed E-state index contributed by atoms with van der Waals surface area (Å²) in [5.41, 5.74) is 0.742. The first-order chi connectivity index (χ1) is 14.0. The van der Waals surface area contributed by atoms with Gasteiger partial charge in [0.1, 0.15) is 11.4 Å². The molecule has 0 atom stereocenters. The number of ether oxygens (including phenoxy) is 1. The van der Waals surface area contributed by atoms with E-state index in [0.29, 0.717) is 29.5 Å². The molecule has 0 aromatic heterocycles. The van der Waals surface area contributed by atoms with Crippen molar-refractivity contribution < 1.29 is 14.3 Å². The number of hydrogen-bond acceptors (Lipinski definition) is 5. The smallest absolute Gasteiger partial charge is 0.293 e. The number of carbonyl (C=O) groups excluding carboxylic acids is 2. The van der Waals surface area contributed by atoms with Crippen molar-refractivity contribution in [3.05, 3.63) is 69.5 Å². The van der Waals surface area contributed by atoms with Crippen LogP contribution in [-0.4, -0.2) is 42.6 Å². The van der Waals surface area contributed by atoms with Crippen molar-refractivity contribution in [3.8, 4) is 5.75 Å². The first kappa shape index (κ1) is 20.9. The number of nitrogens with one attached hydrogen (secondary N) is 3. The molecule has 9 heteroatoms. The van der Waals surface area contributed by atoms with E-state index in [0.717, 1.165) is 10.7 Å². The first-order valence-corrected chi connectivity index (χ1v) is 9.90. The molecule has 0 radical (unpaired) electrons. The van der Waals surface area contributed by atoms with Gasteiger partial charge in [-0.05, 0) is 48.5 Å². The molecule has 0 aliphatic carbocycles. The van der Waals surface area contributed by atoms with E-state index in [1.165, 1.54) is 0 Å². The third-order valence-electron chi connectivity index (χ3n) is 4.09. The van der Waals surface area contributed by atoms with Crippen LogP contribution in [0.5, 0.6) is 5.75 Å². The minimum Gasteiger partial charge on any atom is -0.449 e. The fourth-order valence-corrected chi connectivity index (χ4v) is 3.09. The van der Waals surface area contributed by atoms with Crippen molar-refractivity contribution in [2.45, 2.75) is 0 Å². The lowest BCUT2D eigenvalue weighted by Gasteiger charge is -2.30. The van der Waals surface area contributed by atoms with Gasteiger partial charge in [-0.1, -0.05) is 27.5 Å². The average molecular weight is 478 g/mol. The SMILES string of the molecule is N=C/C(=C(/Oc1ccc(Br)cc1)C(=O)Nc1ccc(Cl)cc1)N1CCNC(=O)C1. The van der Waals surface area contributed by atoms with Gasteiger partial charge in [-0.3, -0.25) is 9.59 Å². The van der Waals surface area contributed by atoms with Crippen molar-refractivity contribution >= 4 is 51.2 Å². The number of benzene rings is 2. The molecule has 2 amide bonds. The Morgan fingerprint density at radius 2 is 1.90 bits per heavy atom. The molecule has 0 unspecified atom stereocenters. The van der Waals surface area contributed by atoms with Crippen LogP contribution in [0.3, 0.4) is 0 Å².